The van der Waals surface area contributed by atoms with Crippen LogP contribution in [-0.2, 0) is 9.59 Å². The number of amides is 2. The molecule has 0 spiro atoms. The Hall–Kier alpha value is -2.34. The van der Waals surface area contributed by atoms with Crippen LogP contribution in [0.3, 0.4) is 0 Å². The lowest BCUT2D eigenvalue weighted by Gasteiger charge is -2.19. The number of rotatable bonds is 7. The monoisotopic (exact) mass is 310 g/mol. The zero-order valence-electron chi connectivity index (χ0n) is 11.2. The van der Waals surface area contributed by atoms with Crippen LogP contribution < -0.4 is 5.32 Å². The van der Waals surface area contributed by atoms with Gasteiger partial charge in [-0.05, 0) is 18.2 Å². The number of halogens is 1. The van der Waals surface area contributed by atoms with Gasteiger partial charge in [0.25, 0.3) is 5.91 Å². The van der Waals surface area contributed by atoms with E-state index in [-0.39, 0.29) is 13.1 Å². The smallest absolute Gasteiger partial charge is 0.323 e. The molecule has 0 aliphatic heterocycles. The average molecular weight is 311 g/mol. The number of carbonyl (C=O) groups excluding carboxylic acids is 2. The highest BCUT2D eigenvalue weighted by Gasteiger charge is 2.16. The molecule has 0 radical (unpaired) electrons. The number of nitrogens with one attached hydrogen (secondary N) is 1. The van der Waals surface area contributed by atoms with E-state index < -0.39 is 24.3 Å². The average Bonchev–Trinajstić information content (AvgIpc) is 2.43. The molecule has 112 valence electrons. The largest absolute Gasteiger partial charge is 0.480 e. The van der Waals surface area contributed by atoms with Crippen molar-refractivity contribution in [2.75, 3.05) is 19.6 Å². The first-order valence-corrected chi connectivity index (χ1v) is 6.46. The zero-order valence-corrected chi connectivity index (χ0v) is 12.0. The lowest BCUT2D eigenvalue weighted by molar-refractivity contribution is -0.143. The third-order valence-electron chi connectivity index (χ3n) is 2.52. The van der Waals surface area contributed by atoms with E-state index in [9.17, 15) is 14.4 Å². The van der Waals surface area contributed by atoms with Crippen molar-refractivity contribution >= 4 is 29.4 Å². The summed E-state index contributed by atoms with van der Waals surface area (Å²) in [4.78, 5) is 35.4. The number of carbonyl (C=O) groups is 3. The third-order valence-corrected chi connectivity index (χ3v) is 2.75. The van der Waals surface area contributed by atoms with Gasteiger partial charge < -0.3 is 15.3 Å². The Morgan fingerprint density at radius 3 is 2.67 bits per heavy atom. The fourth-order valence-electron chi connectivity index (χ4n) is 1.57. The van der Waals surface area contributed by atoms with Gasteiger partial charge >= 0.3 is 5.97 Å². The molecule has 0 unspecified atom stereocenters. The maximum Gasteiger partial charge on any atom is 0.323 e. The predicted octanol–water partition coefficient (Wildman–Crippen LogP) is 1.17. The highest BCUT2D eigenvalue weighted by molar-refractivity contribution is 6.30. The number of carboxylic acids is 1. The second kappa shape index (κ2) is 8.06. The SMILES string of the molecule is C=CCN(CC(=O)O)C(=O)CNC(=O)c1cccc(Cl)c1. The third kappa shape index (κ3) is 5.66. The van der Waals surface area contributed by atoms with Crippen molar-refractivity contribution in [2.45, 2.75) is 0 Å². The topological polar surface area (TPSA) is 86.7 Å². The Kier molecular flexibility index (Phi) is 6.42. The van der Waals surface area contributed by atoms with Crippen LogP contribution >= 0.6 is 11.6 Å². The van der Waals surface area contributed by atoms with Crippen molar-refractivity contribution in [2.24, 2.45) is 0 Å². The van der Waals surface area contributed by atoms with Crippen LogP contribution in [0.4, 0.5) is 0 Å². The highest BCUT2D eigenvalue weighted by atomic mass is 35.5. The molecule has 2 amide bonds. The van der Waals surface area contributed by atoms with Crippen LogP contribution in [0.1, 0.15) is 10.4 Å². The minimum atomic E-state index is -1.13. The zero-order chi connectivity index (χ0) is 15.8. The first kappa shape index (κ1) is 16.7. The van der Waals surface area contributed by atoms with E-state index in [0.29, 0.717) is 10.6 Å². The van der Waals surface area contributed by atoms with Gasteiger partial charge in [0, 0.05) is 17.1 Å². The van der Waals surface area contributed by atoms with Crippen molar-refractivity contribution < 1.29 is 19.5 Å². The Balaban J connectivity index is 2.59. The first-order valence-electron chi connectivity index (χ1n) is 6.08. The molecule has 2 N–H and O–H groups in total. The Morgan fingerprint density at radius 2 is 2.10 bits per heavy atom. The summed E-state index contributed by atoms with van der Waals surface area (Å²) in [7, 11) is 0. The molecule has 1 aromatic rings. The fourth-order valence-corrected chi connectivity index (χ4v) is 1.76. The number of hydrogen-bond donors (Lipinski definition) is 2. The summed E-state index contributed by atoms with van der Waals surface area (Å²) in [6.07, 6.45) is 1.42. The van der Waals surface area contributed by atoms with Gasteiger partial charge in [0.1, 0.15) is 6.54 Å². The lowest BCUT2D eigenvalue weighted by atomic mass is 10.2. The molecule has 0 aliphatic carbocycles. The van der Waals surface area contributed by atoms with Gasteiger partial charge in [-0.25, -0.2) is 0 Å². The van der Waals surface area contributed by atoms with Crippen molar-refractivity contribution in [1.82, 2.24) is 10.2 Å². The van der Waals surface area contributed by atoms with Crippen LogP contribution in [-0.4, -0.2) is 47.4 Å². The molecule has 0 atom stereocenters. The molecule has 0 bridgehead atoms. The number of hydrogen-bond acceptors (Lipinski definition) is 3. The Bertz CT molecular complexity index is 560. The van der Waals surface area contributed by atoms with Crippen molar-refractivity contribution in [1.29, 1.82) is 0 Å². The van der Waals surface area contributed by atoms with Crippen molar-refractivity contribution in [3.05, 3.63) is 47.5 Å². The van der Waals surface area contributed by atoms with Crippen LogP contribution in [0.5, 0.6) is 0 Å². The van der Waals surface area contributed by atoms with E-state index in [1.165, 1.54) is 12.1 Å². The normalized spacial score (nSPS) is 9.76. The minimum Gasteiger partial charge on any atom is -0.480 e. The van der Waals surface area contributed by atoms with Crippen LogP contribution in [0, 0.1) is 0 Å². The van der Waals surface area contributed by atoms with E-state index in [2.05, 4.69) is 11.9 Å². The van der Waals surface area contributed by atoms with Gasteiger partial charge in [-0.2, -0.15) is 0 Å². The lowest BCUT2D eigenvalue weighted by Crippen LogP contribution is -2.42. The molecule has 0 aliphatic rings. The molecule has 0 aromatic heterocycles. The van der Waals surface area contributed by atoms with Crippen LogP contribution in [0.25, 0.3) is 0 Å². The second-order valence-corrected chi connectivity index (χ2v) is 4.59. The maximum absolute atomic E-state index is 11.8. The second-order valence-electron chi connectivity index (χ2n) is 4.15. The fraction of sp³-hybridized carbons (Fsp3) is 0.214. The Labute approximate surface area is 127 Å². The standard InChI is InChI=1S/C14H15ClN2O4/c1-2-6-17(9-13(19)20)12(18)8-16-14(21)10-4-3-5-11(15)7-10/h2-5,7H,1,6,8-9H2,(H,16,21)(H,19,20). The van der Waals surface area contributed by atoms with E-state index in [1.807, 2.05) is 0 Å². The minimum absolute atomic E-state index is 0.0954. The summed E-state index contributed by atoms with van der Waals surface area (Å²) < 4.78 is 0. The maximum atomic E-state index is 11.8. The van der Waals surface area contributed by atoms with Gasteiger partial charge in [0.2, 0.25) is 5.91 Å². The van der Waals surface area contributed by atoms with Crippen LogP contribution in [0.15, 0.2) is 36.9 Å². The highest BCUT2D eigenvalue weighted by Crippen LogP contribution is 2.10. The van der Waals surface area contributed by atoms with Crippen LogP contribution in [0.2, 0.25) is 5.02 Å². The van der Waals surface area contributed by atoms with E-state index in [1.54, 1.807) is 18.2 Å². The molecule has 0 saturated carbocycles. The molecular weight excluding hydrogens is 296 g/mol. The van der Waals surface area contributed by atoms with Gasteiger partial charge in [0.05, 0.1) is 6.54 Å². The van der Waals surface area contributed by atoms with E-state index >= 15 is 0 Å². The first-order chi connectivity index (χ1) is 9.93. The predicted molar refractivity (Wildman–Crippen MR) is 78.2 cm³/mol. The van der Waals surface area contributed by atoms with Gasteiger partial charge in [-0.3, -0.25) is 14.4 Å². The summed E-state index contributed by atoms with van der Waals surface area (Å²) in [5, 5.41) is 11.5. The van der Waals surface area contributed by atoms with Gasteiger partial charge in [-0.15, -0.1) is 6.58 Å². The summed E-state index contributed by atoms with van der Waals surface area (Å²) in [6, 6.07) is 6.28. The van der Waals surface area contributed by atoms with E-state index in [4.69, 9.17) is 16.7 Å². The molecule has 1 rings (SSSR count). The molecular formula is C14H15ClN2O4. The van der Waals surface area contributed by atoms with Crippen molar-refractivity contribution in [3.63, 3.8) is 0 Å². The molecule has 7 heteroatoms. The van der Waals surface area contributed by atoms with E-state index in [0.717, 1.165) is 4.90 Å². The van der Waals surface area contributed by atoms with Gasteiger partial charge in [0.15, 0.2) is 0 Å². The quantitative estimate of drug-likeness (QED) is 0.740. The summed E-state index contributed by atoms with van der Waals surface area (Å²) in [5.41, 5.74) is 0.323. The van der Waals surface area contributed by atoms with Crippen molar-refractivity contribution in [3.8, 4) is 0 Å². The summed E-state index contributed by atoms with van der Waals surface area (Å²) in [5.74, 6) is -2.10. The molecule has 0 saturated heterocycles. The number of carboxylic acid groups (broad SMARTS) is 1. The number of aliphatic carboxylic acids is 1. The number of benzene rings is 1. The molecule has 6 nitrogen and oxygen atoms in total. The molecule has 21 heavy (non-hydrogen) atoms. The molecule has 0 fully saturated rings. The van der Waals surface area contributed by atoms with Gasteiger partial charge in [-0.1, -0.05) is 23.7 Å². The summed E-state index contributed by atoms with van der Waals surface area (Å²) in [6.45, 7) is 2.80. The Morgan fingerprint density at radius 1 is 1.38 bits per heavy atom. The molecule has 0 heterocycles. The molecule has 1 aromatic carbocycles. The number of nitrogens with zero attached hydrogens (tertiary/aromatic N) is 1. The summed E-state index contributed by atoms with van der Waals surface area (Å²) >= 11 is 5.77.